The molecule has 0 aliphatic rings. The van der Waals surface area contributed by atoms with Gasteiger partial charge in [-0.25, -0.2) is 9.78 Å². The quantitative estimate of drug-likeness (QED) is 0.867. The summed E-state index contributed by atoms with van der Waals surface area (Å²) in [4.78, 5) is 21.2. The van der Waals surface area contributed by atoms with Crippen molar-refractivity contribution in [3.8, 4) is 0 Å². The molecule has 2 rings (SSSR count). The number of rotatable bonds is 5. The Morgan fingerprint density at radius 2 is 2.05 bits per heavy atom. The third kappa shape index (κ3) is 3.24. The number of hydrogen-bond acceptors (Lipinski definition) is 2. The molecular weight excluding hydrogens is 240 g/mol. The van der Waals surface area contributed by atoms with Crippen molar-refractivity contribution in [3.05, 3.63) is 24.5 Å². The lowest BCUT2D eigenvalue weighted by atomic mass is 10.3. The Morgan fingerprint density at radius 3 is 2.74 bits per heavy atom. The van der Waals surface area contributed by atoms with E-state index in [1.807, 2.05) is 23.1 Å². The molecule has 0 bridgehead atoms. The van der Waals surface area contributed by atoms with Gasteiger partial charge in [0.25, 0.3) is 0 Å². The highest BCUT2D eigenvalue weighted by Gasteiger charge is 2.11. The maximum atomic E-state index is 12.2. The number of aromatic nitrogens is 2. The molecule has 0 aliphatic heterocycles. The highest BCUT2D eigenvalue weighted by Crippen LogP contribution is 2.16. The average Bonchev–Trinajstić information content (AvgIpc) is 2.86. The van der Waals surface area contributed by atoms with Crippen LogP contribution in [0.25, 0.3) is 11.0 Å². The van der Waals surface area contributed by atoms with E-state index in [9.17, 15) is 4.79 Å². The lowest BCUT2D eigenvalue weighted by Gasteiger charge is -2.21. The van der Waals surface area contributed by atoms with Crippen LogP contribution in [0.1, 0.15) is 26.7 Å². The maximum Gasteiger partial charge on any atom is 0.321 e. The summed E-state index contributed by atoms with van der Waals surface area (Å²) in [7, 11) is 0. The lowest BCUT2D eigenvalue weighted by Crippen LogP contribution is -2.36. The Hall–Kier alpha value is -2.04. The molecule has 1 aromatic heterocycles. The summed E-state index contributed by atoms with van der Waals surface area (Å²) >= 11 is 0. The molecule has 5 heteroatoms. The molecule has 1 heterocycles. The van der Waals surface area contributed by atoms with E-state index in [0.29, 0.717) is 0 Å². The highest BCUT2D eigenvalue weighted by atomic mass is 16.2. The summed E-state index contributed by atoms with van der Waals surface area (Å²) < 4.78 is 0. The largest absolute Gasteiger partial charge is 0.345 e. The summed E-state index contributed by atoms with van der Waals surface area (Å²) in [5.41, 5.74) is 2.62. The van der Waals surface area contributed by atoms with Gasteiger partial charge in [0.2, 0.25) is 0 Å². The van der Waals surface area contributed by atoms with Crippen molar-refractivity contribution in [1.29, 1.82) is 0 Å². The summed E-state index contributed by atoms with van der Waals surface area (Å²) in [5, 5.41) is 2.93. The molecule has 2 amide bonds. The van der Waals surface area contributed by atoms with Gasteiger partial charge in [-0.1, -0.05) is 13.8 Å². The molecule has 2 N–H and O–H groups in total. The number of amides is 2. The van der Waals surface area contributed by atoms with Crippen LogP contribution in [-0.4, -0.2) is 34.0 Å². The fraction of sp³-hybridized carbons (Fsp3) is 0.429. The number of H-pyrrole nitrogens is 1. The molecule has 5 nitrogen and oxygen atoms in total. The van der Waals surface area contributed by atoms with E-state index in [4.69, 9.17) is 0 Å². The second-order valence-electron chi connectivity index (χ2n) is 4.55. The van der Waals surface area contributed by atoms with Gasteiger partial charge in [0, 0.05) is 18.8 Å². The van der Waals surface area contributed by atoms with Crippen molar-refractivity contribution >= 4 is 22.8 Å². The van der Waals surface area contributed by atoms with Crippen LogP contribution in [0, 0.1) is 0 Å². The lowest BCUT2D eigenvalue weighted by molar-refractivity contribution is 0.211. The number of carbonyl (C=O) groups is 1. The van der Waals surface area contributed by atoms with E-state index in [2.05, 4.69) is 29.1 Å². The van der Waals surface area contributed by atoms with Gasteiger partial charge in [0.15, 0.2) is 0 Å². The van der Waals surface area contributed by atoms with E-state index in [1.165, 1.54) is 0 Å². The van der Waals surface area contributed by atoms with Crippen molar-refractivity contribution < 1.29 is 4.79 Å². The van der Waals surface area contributed by atoms with Gasteiger partial charge < -0.3 is 15.2 Å². The van der Waals surface area contributed by atoms with E-state index in [1.54, 1.807) is 6.33 Å². The third-order valence-electron chi connectivity index (χ3n) is 2.95. The van der Waals surface area contributed by atoms with Gasteiger partial charge in [-0.15, -0.1) is 0 Å². The number of nitrogens with zero attached hydrogens (tertiary/aromatic N) is 2. The topological polar surface area (TPSA) is 61.0 Å². The van der Waals surface area contributed by atoms with Crippen LogP contribution in [0.2, 0.25) is 0 Å². The van der Waals surface area contributed by atoms with E-state index >= 15 is 0 Å². The Balaban J connectivity index is 2.07. The molecule has 1 aromatic carbocycles. The zero-order valence-corrected chi connectivity index (χ0v) is 11.4. The molecule has 0 unspecified atom stereocenters. The predicted molar refractivity (Wildman–Crippen MR) is 77.3 cm³/mol. The van der Waals surface area contributed by atoms with Crippen LogP contribution in [0.3, 0.4) is 0 Å². The first kappa shape index (κ1) is 13.4. The third-order valence-corrected chi connectivity index (χ3v) is 2.95. The number of nitrogens with one attached hydrogen (secondary N) is 2. The first-order valence-electron chi connectivity index (χ1n) is 6.73. The molecule has 0 atom stereocenters. The molecule has 0 fully saturated rings. The second kappa shape index (κ2) is 6.22. The second-order valence-corrected chi connectivity index (χ2v) is 4.55. The molecule has 19 heavy (non-hydrogen) atoms. The highest BCUT2D eigenvalue weighted by molar-refractivity contribution is 5.91. The van der Waals surface area contributed by atoms with Gasteiger partial charge in [-0.05, 0) is 31.0 Å². The molecule has 0 radical (unpaired) electrons. The molecule has 0 spiro atoms. The van der Waals surface area contributed by atoms with Gasteiger partial charge in [0.05, 0.1) is 17.4 Å². The number of benzene rings is 1. The van der Waals surface area contributed by atoms with Crippen molar-refractivity contribution in [2.45, 2.75) is 26.7 Å². The minimum atomic E-state index is -0.0393. The summed E-state index contributed by atoms with van der Waals surface area (Å²) in [6.07, 6.45) is 3.58. The van der Waals surface area contributed by atoms with Crippen molar-refractivity contribution in [1.82, 2.24) is 14.9 Å². The molecule has 0 saturated carbocycles. The van der Waals surface area contributed by atoms with Gasteiger partial charge in [0.1, 0.15) is 0 Å². The Bertz CT molecular complexity index is 543. The Labute approximate surface area is 113 Å². The van der Waals surface area contributed by atoms with Crippen LogP contribution in [0.5, 0.6) is 0 Å². The number of hydrogen-bond donors (Lipinski definition) is 2. The van der Waals surface area contributed by atoms with Crippen molar-refractivity contribution in [3.63, 3.8) is 0 Å². The van der Waals surface area contributed by atoms with Crippen molar-refractivity contribution in [2.24, 2.45) is 0 Å². The zero-order chi connectivity index (χ0) is 13.7. The number of anilines is 1. The summed E-state index contributed by atoms with van der Waals surface area (Å²) in [6, 6.07) is 5.63. The Kier molecular flexibility index (Phi) is 4.39. The van der Waals surface area contributed by atoms with Crippen LogP contribution in [0.4, 0.5) is 10.5 Å². The smallest absolute Gasteiger partial charge is 0.321 e. The standard InChI is InChI=1S/C14H20N4O/c1-3-7-18(8-4-2)14(19)17-11-5-6-12-13(9-11)16-10-15-12/h5-6,9-10H,3-4,7-8H2,1-2H3,(H,15,16)(H,17,19). The molecule has 2 aromatic rings. The zero-order valence-electron chi connectivity index (χ0n) is 11.4. The first-order valence-corrected chi connectivity index (χ1v) is 6.73. The molecule has 0 aliphatic carbocycles. The van der Waals surface area contributed by atoms with Gasteiger partial charge in [-0.2, -0.15) is 0 Å². The number of carbonyl (C=O) groups excluding carboxylic acids is 1. The number of aromatic amines is 1. The number of imidazole rings is 1. The normalized spacial score (nSPS) is 10.6. The molecular formula is C14H20N4O. The van der Waals surface area contributed by atoms with Crippen LogP contribution >= 0.6 is 0 Å². The molecule has 102 valence electrons. The van der Waals surface area contributed by atoms with E-state index in [-0.39, 0.29) is 6.03 Å². The monoisotopic (exact) mass is 260 g/mol. The minimum absolute atomic E-state index is 0.0393. The van der Waals surface area contributed by atoms with Crippen molar-refractivity contribution in [2.75, 3.05) is 18.4 Å². The predicted octanol–water partition coefficient (Wildman–Crippen LogP) is 3.22. The van der Waals surface area contributed by atoms with Gasteiger partial charge in [-0.3, -0.25) is 0 Å². The van der Waals surface area contributed by atoms with Crippen LogP contribution < -0.4 is 5.32 Å². The number of fused-ring (bicyclic) bond motifs is 1. The first-order chi connectivity index (χ1) is 9.24. The average molecular weight is 260 g/mol. The molecule has 0 saturated heterocycles. The van der Waals surface area contributed by atoms with E-state index < -0.39 is 0 Å². The van der Waals surface area contributed by atoms with Gasteiger partial charge >= 0.3 is 6.03 Å². The summed E-state index contributed by atoms with van der Waals surface area (Å²) in [6.45, 7) is 5.72. The number of urea groups is 1. The minimum Gasteiger partial charge on any atom is -0.345 e. The van der Waals surface area contributed by atoms with E-state index in [0.717, 1.165) is 42.7 Å². The SMILES string of the molecule is CCCN(CCC)C(=O)Nc1ccc2nc[nH]c2c1. The van der Waals surface area contributed by atoms with Crippen LogP contribution in [0.15, 0.2) is 24.5 Å². The summed E-state index contributed by atoms with van der Waals surface area (Å²) in [5.74, 6) is 0. The Morgan fingerprint density at radius 1 is 1.32 bits per heavy atom. The van der Waals surface area contributed by atoms with Crippen LogP contribution in [-0.2, 0) is 0 Å². The fourth-order valence-electron chi connectivity index (χ4n) is 2.07. The fourth-order valence-corrected chi connectivity index (χ4v) is 2.07. The maximum absolute atomic E-state index is 12.2.